The Morgan fingerprint density at radius 3 is 2.47 bits per heavy atom. The molecule has 4 rings (SSSR count). The minimum atomic E-state index is -0.705. The van der Waals surface area contributed by atoms with Gasteiger partial charge in [0.2, 0.25) is 11.9 Å². The smallest absolute Gasteiger partial charge is 0.251 e. The van der Waals surface area contributed by atoms with Crippen molar-refractivity contribution in [3.63, 3.8) is 0 Å². The van der Waals surface area contributed by atoms with Crippen molar-refractivity contribution in [3.8, 4) is 0 Å². The van der Waals surface area contributed by atoms with Gasteiger partial charge in [-0.1, -0.05) is 6.07 Å². The van der Waals surface area contributed by atoms with Crippen LogP contribution in [0.5, 0.6) is 0 Å². The lowest BCUT2D eigenvalue weighted by Crippen LogP contribution is -2.42. The molecule has 2 fully saturated rings. The lowest BCUT2D eigenvalue weighted by molar-refractivity contribution is -0.134. The van der Waals surface area contributed by atoms with E-state index in [0.29, 0.717) is 26.1 Å². The van der Waals surface area contributed by atoms with Crippen LogP contribution >= 0.6 is 0 Å². The number of hydrogen-bond donors (Lipinski definition) is 1. The van der Waals surface area contributed by atoms with Gasteiger partial charge >= 0.3 is 0 Å². The van der Waals surface area contributed by atoms with Gasteiger partial charge in [0.1, 0.15) is 11.6 Å². The largest absolute Gasteiger partial charge is 0.352 e. The van der Waals surface area contributed by atoms with Crippen LogP contribution in [0.25, 0.3) is 0 Å². The summed E-state index contributed by atoms with van der Waals surface area (Å²) in [6.45, 7) is 1.54. The van der Waals surface area contributed by atoms with Crippen molar-refractivity contribution in [2.45, 2.75) is 25.2 Å². The topological polar surface area (TPSA) is 62.3 Å². The van der Waals surface area contributed by atoms with Crippen LogP contribution in [0.3, 0.4) is 0 Å². The third kappa shape index (κ3) is 4.32. The van der Waals surface area contributed by atoms with Gasteiger partial charge in [-0.25, -0.2) is 13.8 Å². The van der Waals surface area contributed by atoms with Crippen molar-refractivity contribution >= 4 is 11.8 Å². The Bertz CT molecular complexity index is 940. The quantitative estimate of drug-likeness (QED) is 0.760. The van der Waals surface area contributed by atoms with E-state index < -0.39 is 23.5 Å². The zero-order valence-corrected chi connectivity index (χ0v) is 16.3. The maximum absolute atomic E-state index is 13.9. The summed E-state index contributed by atoms with van der Waals surface area (Å²) < 4.78 is 41.0. The summed E-state index contributed by atoms with van der Waals surface area (Å²) >= 11 is 0. The fourth-order valence-corrected chi connectivity index (χ4v) is 4.13. The van der Waals surface area contributed by atoms with Crippen molar-refractivity contribution in [3.05, 3.63) is 65.2 Å². The predicted molar refractivity (Wildman–Crippen MR) is 103 cm³/mol. The second kappa shape index (κ2) is 8.45. The van der Waals surface area contributed by atoms with Gasteiger partial charge in [0.05, 0.1) is 0 Å². The molecule has 0 unspecified atom stereocenters. The second-order valence-corrected chi connectivity index (χ2v) is 7.93. The van der Waals surface area contributed by atoms with Crippen LogP contribution in [0, 0.1) is 29.4 Å². The molecule has 1 aliphatic heterocycles. The third-order valence-electron chi connectivity index (χ3n) is 5.94. The molecule has 2 aromatic rings. The maximum Gasteiger partial charge on any atom is 0.251 e. The summed E-state index contributed by atoms with van der Waals surface area (Å²) in [7, 11) is 0. The standard InChI is InChI=1S/C22H22F3N3O2/c23-17-2-1-3-18(24)20(17)15-11-16(15)22(30)28-8-5-13(6-9-28)12-27-21(29)14-4-7-26-19(25)10-14/h1-4,7,10,13,15-16H,5-6,8-9,11-12H2,(H,27,29)/t15-,16-/m1/s1. The van der Waals surface area contributed by atoms with E-state index in [2.05, 4.69) is 10.3 Å². The molecular formula is C22H22F3N3O2. The van der Waals surface area contributed by atoms with Gasteiger partial charge in [0, 0.05) is 54.9 Å². The number of hydrogen-bond acceptors (Lipinski definition) is 3. The van der Waals surface area contributed by atoms with E-state index in [4.69, 9.17) is 0 Å². The van der Waals surface area contributed by atoms with Crippen molar-refractivity contribution < 1.29 is 22.8 Å². The molecule has 0 spiro atoms. The maximum atomic E-state index is 13.9. The minimum Gasteiger partial charge on any atom is -0.352 e. The van der Waals surface area contributed by atoms with Crippen LogP contribution in [0.15, 0.2) is 36.5 Å². The van der Waals surface area contributed by atoms with Crippen LogP contribution in [0.2, 0.25) is 0 Å². The Morgan fingerprint density at radius 2 is 1.80 bits per heavy atom. The Morgan fingerprint density at radius 1 is 1.10 bits per heavy atom. The van der Waals surface area contributed by atoms with Crippen LogP contribution in [-0.4, -0.2) is 41.3 Å². The van der Waals surface area contributed by atoms with Crippen LogP contribution in [0.1, 0.15) is 41.1 Å². The van der Waals surface area contributed by atoms with E-state index in [1.165, 1.54) is 30.5 Å². The van der Waals surface area contributed by atoms with E-state index in [-0.39, 0.29) is 34.8 Å². The number of pyridine rings is 1. The Kier molecular flexibility index (Phi) is 5.74. The molecule has 0 radical (unpaired) electrons. The Balaban J connectivity index is 1.25. The lowest BCUT2D eigenvalue weighted by Gasteiger charge is -2.32. The monoisotopic (exact) mass is 417 g/mol. The fourth-order valence-electron chi connectivity index (χ4n) is 4.13. The molecule has 30 heavy (non-hydrogen) atoms. The highest BCUT2D eigenvalue weighted by atomic mass is 19.1. The van der Waals surface area contributed by atoms with E-state index in [9.17, 15) is 22.8 Å². The number of rotatable bonds is 5. The Hall–Kier alpha value is -2.90. The number of aromatic nitrogens is 1. The first-order valence-electron chi connectivity index (χ1n) is 10.1. The van der Waals surface area contributed by atoms with Gasteiger partial charge in [-0.05, 0) is 43.4 Å². The highest BCUT2D eigenvalue weighted by Crippen LogP contribution is 2.50. The van der Waals surface area contributed by atoms with E-state index in [1.54, 1.807) is 4.90 Å². The van der Waals surface area contributed by atoms with Crippen molar-refractivity contribution in [2.75, 3.05) is 19.6 Å². The summed E-state index contributed by atoms with van der Waals surface area (Å²) in [6, 6.07) is 6.30. The highest BCUT2D eigenvalue weighted by Gasteiger charge is 2.48. The van der Waals surface area contributed by atoms with Crippen LogP contribution in [0.4, 0.5) is 13.2 Å². The second-order valence-electron chi connectivity index (χ2n) is 7.93. The molecule has 1 aromatic carbocycles. The van der Waals surface area contributed by atoms with Gasteiger partial charge in [-0.15, -0.1) is 0 Å². The molecule has 1 N–H and O–H groups in total. The van der Waals surface area contributed by atoms with E-state index in [0.717, 1.165) is 18.9 Å². The van der Waals surface area contributed by atoms with Gasteiger partial charge in [-0.3, -0.25) is 9.59 Å². The molecule has 2 aliphatic rings. The SMILES string of the molecule is O=C(NCC1CCN(C(=O)[C@@H]2C[C@H]2c2c(F)cccc2F)CC1)c1ccnc(F)c1. The summed E-state index contributed by atoms with van der Waals surface area (Å²) in [5.41, 5.74) is 0.233. The summed E-state index contributed by atoms with van der Waals surface area (Å²) in [5.74, 6) is -2.87. The van der Waals surface area contributed by atoms with E-state index >= 15 is 0 Å². The first kappa shape index (κ1) is 20.4. The lowest BCUT2D eigenvalue weighted by atomic mass is 9.96. The third-order valence-corrected chi connectivity index (χ3v) is 5.94. The average molecular weight is 417 g/mol. The van der Waals surface area contributed by atoms with E-state index in [1.807, 2.05) is 0 Å². The molecule has 2 atom stereocenters. The molecular weight excluding hydrogens is 395 g/mol. The molecule has 5 nitrogen and oxygen atoms in total. The molecule has 8 heteroatoms. The number of amides is 2. The molecule has 158 valence electrons. The van der Waals surface area contributed by atoms with Crippen molar-refractivity contribution in [1.29, 1.82) is 0 Å². The predicted octanol–water partition coefficient (Wildman–Crippen LogP) is 3.27. The average Bonchev–Trinajstić information content (AvgIpc) is 3.52. The van der Waals surface area contributed by atoms with Gasteiger partial charge in [-0.2, -0.15) is 4.39 Å². The van der Waals surface area contributed by atoms with Crippen LogP contribution in [-0.2, 0) is 4.79 Å². The summed E-state index contributed by atoms with van der Waals surface area (Å²) in [6.07, 6.45) is 3.16. The summed E-state index contributed by atoms with van der Waals surface area (Å²) in [4.78, 5) is 30.0. The molecule has 2 heterocycles. The van der Waals surface area contributed by atoms with Crippen molar-refractivity contribution in [2.24, 2.45) is 11.8 Å². The zero-order chi connectivity index (χ0) is 21.3. The number of likely N-dealkylation sites (tertiary alicyclic amines) is 1. The molecule has 1 saturated heterocycles. The number of carbonyl (C=O) groups excluding carboxylic acids is 2. The summed E-state index contributed by atoms with van der Waals surface area (Å²) in [5, 5.41) is 2.80. The fraction of sp³-hybridized carbons (Fsp3) is 0.409. The normalized spacial score (nSPS) is 21.4. The van der Waals surface area contributed by atoms with Crippen LogP contribution < -0.4 is 5.32 Å². The number of nitrogens with zero attached hydrogens (tertiary/aromatic N) is 2. The number of nitrogens with one attached hydrogen (secondary N) is 1. The first-order valence-corrected chi connectivity index (χ1v) is 10.1. The molecule has 1 aliphatic carbocycles. The number of piperidine rings is 1. The zero-order valence-electron chi connectivity index (χ0n) is 16.3. The molecule has 2 amide bonds. The molecule has 1 saturated carbocycles. The molecule has 0 bridgehead atoms. The van der Waals surface area contributed by atoms with Gasteiger partial charge in [0.25, 0.3) is 5.91 Å². The van der Waals surface area contributed by atoms with Gasteiger partial charge < -0.3 is 10.2 Å². The van der Waals surface area contributed by atoms with Crippen molar-refractivity contribution in [1.82, 2.24) is 15.2 Å². The number of halogens is 3. The highest BCUT2D eigenvalue weighted by molar-refractivity contribution is 5.94. The molecule has 1 aromatic heterocycles. The Labute approximate surface area is 172 Å². The number of carbonyl (C=O) groups is 2. The minimum absolute atomic E-state index is 0.0148. The number of benzene rings is 1. The van der Waals surface area contributed by atoms with Gasteiger partial charge in [0.15, 0.2) is 0 Å². The first-order chi connectivity index (χ1) is 14.4.